The number of rotatable bonds is 6. The van der Waals surface area contributed by atoms with E-state index in [-0.39, 0.29) is 23.7 Å². The first-order valence-corrected chi connectivity index (χ1v) is 6.23. The van der Waals surface area contributed by atoms with Gasteiger partial charge in [-0.3, -0.25) is 4.79 Å². The maximum Gasteiger partial charge on any atom is 0.226 e. The molecule has 0 unspecified atom stereocenters. The minimum Gasteiger partial charge on any atom is -0.355 e. The van der Waals surface area contributed by atoms with Crippen molar-refractivity contribution in [3.8, 4) is 0 Å². The molecule has 7 heteroatoms. The maximum absolute atomic E-state index is 11.3. The molecule has 110 valence electrons. The van der Waals surface area contributed by atoms with Crippen molar-refractivity contribution in [3.63, 3.8) is 0 Å². The van der Waals surface area contributed by atoms with E-state index in [1.54, 1.807) is 0 Å². The number of amides is 1. The van der Waals surface area contributed by atoms with Crippen LogP contribution in [0.3, 0.4) is 0 Å². The molecule has 0 radical (unpaired) electrons. The summed E-state index contributed by atoms with van der Waals surface area (Å²) < 4.78 is 5.14. The van der Waals surface area contributed by atoms with Crippen LogP contribution >= 0.6 is 12.4 Å². The van der Waals surface area contributed by atoms with Crippen LogP contribution < -0.4 is 11.1 Å². The number of nitrogens with zero attached hydrogens (tertiary/aromatic N) is 2. The Balaban J connectivity index is 0.00000324. The quantitative estimate of drug-likeness (QED) is 0.820. The van der Waals surface area contributed by atoms with Crippen molar-refractivity contribution in [2.75, 3.05) is 13.1 Å². The first-order chi connectivity index (χ1) is 8.43. The number of nitrogens with two attached hydrogens (primary N) is 1. The monoisotopic (exact) mass is 290 g/mol. The second-order valence-corrected chi connectivity index (χ2v) is 5.25. The van der Waals surface area contributed by atoms with Gasteiger partial charge in [0.2, 0.25) is 11.8 Å². The molecule has 0 aromatic carbocycles. The lowest BCUT2D eigenvalue weighted by Crippen LogP contribution is -2.28. The molecule has 0 spiro atoms. The lowest BCUT2D eigenvalue weighted by atomic mass is 9.96. The van der Waals surface area contributed by atoms with E-state index < -0.39 is 0 Å². The summed E-state index contributed by atoms with van der Waals surface area (Å²) >= 11 is 0. The van der Waals surface area contributed by atoms with Gasteiger partial charge in [0, 0.05) is 31.3 Å². The van der Waals surface area contributed by atoms with Crippen LogP contribution in [0, 0.1) is 0 Å². The molecule has 1 aromatic heterocycles. The number of aryl methyl sites for hydroxylation is 1. The average molecular weight is 291 g/mol. The summed E-state index contributed by atoms with van der Waals surface area (Å²) in [5.41, 5.74) is 5.18. The summed E-state index contributed by atoms with van der Waals surface area (Å²) in [4.78, 5) is 15.6. The zero-order chi connectivity index (χ0) is 13.6. The third kappa shape index (κ3) is 6.54. The molecule has 6 nitrogen and oxygen atoms in total. The Bertz CT molecular complexity index is 387. The Hall–Kier alpha value is -1.14. The molecule has 0 aliphatic carbocycles. The SMILES string of the molecule is CC(C)(C)c1noc(CCCC(=O)NCCN)n1.Cl. The van der Waals surface area contributed by atoms with Crippen LogP contribution in [-0.4, -0.2) is 29.1 Å². The lowest BCUT2D eigenvalue weighted by Gasteiger charge is -2.10. The minimum absolute atomic E-state index is 0. The number of hydrogen-bond donors (Lipinski definition) is 2. The first kappa shape index (κ1) is 17.9. The van der Waals surface area contributed by atoms with E-state index in [2.05, 4.69) is 15.5 Å². The molecule has 3 N–H and O–H groups in total. The molecule has 0 saturated heterocycles. The first-order valence-electron chi connectivity index (χ1n) is 6.23. The Morgan fingerprint density at radius 2 is 2.11 bits per heavy atom. The molecular weight excluding hydrogens is 268 g/mol. The third-order valence-electron chi connectivity index (χ3n) is 2.40. The highest BCUT2D eigenvalue weighted by molar-refractivity contribution is 5.85. The van der Waals surface area contributed by atoms with Gasteiger partial charge in [-0.25, -0.2) is 0 Å². The highest BCUT2D eigenvalue weighted by Crippen LogP contribution is 2.18. The van der Waals surface area contributed by atoms with Crippen LogP contribution in [0.1, 0.15) is 45.3 Å². The van der Waals surface area contributed by atoms with E-state index >= 15 is 0 Å². The standard InChI is InChI=1S/C12H22N4O2.ClH/c1-12(2,3)11-15-10(18-16-11)6-4-5-9(17)14-8-7-13;/h4-8,13H2,1-3H3,(H,14,17);1H. The number of halogens is 1. The van der Waals surface area contributed by atoms with Crippen molar-refractivity contribution in [2.45, 2.75) is 45.4 Å². The molecule has 1 aromatic rings. The van der Waals surface area contributed by atoms with Crippen LogP contribution in [-0.2, 0) is 16.6 Å². The number of carbonyl (C=O) groups is 1. The molecule has 0 atom stereocenters. The fourth-order valence-corrected chi connectivity index (χ4v) is 1.36. The van der Waals surface area contributed by atoms with Crippen molar-refractivity contribution in [1.82, 2.24) is 15.5 Å². The zero-order valence-electron chi connectivity index (χ0n) is 11.7. The molecule has 0 bridgehead atoms. The Labute approximate surface area is 119 Å². The van der Waals surface area contributed by atoms with E-state index in [1.165, 1.54) is 0 Å². The van der Waals surface area contributed by atoms with Crippen LogP contribution in [0.25, 0.3) is 0 Å². The predicted octanol–water partition coefficient (Wildman–Crippen LogP) is 1.19. The number of carbonyl (C=O) groups excluding carboxylic acids is 1. The highest BCUT2D eigenvalue weighted by Gasteiger charge is 2.20. The summed E-state index contributed by atoms with van der Waals surface area (Å²) in [6, 6.07) is 0. The summed E-state index contributed by atoms with van der Waals surface area (Å²) in [7, 11) is 0. The Kier molecular flexibility index (Phi) is 7.63. The average Bonchev–Trinajstić information content (AvgIpc) is 2.74. The van der Waals surface area contributed by atoms with Gasteiger partial charge in [-0.15, -0.1) is 12.4 Å². The van der Waals surface area contributed by atoms with E-state index in [0.717, 1.165) is 0 Å². The molecule has 0 saturated carbocycles. The molecular formula is C12H23ClN4O2. The van der Waals surface area contributed by atoms with E-state index in [9.17, 15) is 4.79 Å². The molecule has 0 aliphatic heterocycles. The normalized spacial score (nSPS) is 10.9. The highest BCUT2D eigenvalue weighted by atomic mass is 35.5. The maximum atomic E-state index is 11.3. The van der Waals surface area contributed by atoms with Gasteiger partial charge in [0.1, 0.15) is 0 Å². The van der Waals surface area contributed by atoms with Gasteiger partial charge in [-0.2, -0.15) is 4.98 Å². The zero-order valence-corrected chi connectivity index (χ0v) is 12.5. The molecule has 1 amide bonds. The van der Waals surface area contributed by atoms with Gasteiger partial charge in [0.25, 0.3) is 0 Å². The van der Waals surface area contributed by atoms with Gasteiger partial charge in [-0.05, 0) is 6.42 Å². The Morgan fingerprint density at radius 1 is 1.42 bits per heavy atom. The lowest BCUT2D eigenvalue weighted by molar-refractivity contribution is -0.121. The predicted molar refractivity (Wildman–Crippen MR) is 75.2 cm³/mol. The van der Waals surface area contributed by atoms with E-state index in [0.29, 0.717) is 44.1 Å². The smallest absolute Gasteiger partial charge is 0.226 e. The second kappa shape index (κ2) is 8.12. The molecule has 0 aliphatic rings. The van der Waals surface area contributed by atoms with Gasteiger partial charge >= 0.3 is 0 Å². The van der Waals surface area contributed by atoms with Gasteiger partial charge < -0.3 is 15.6 Å². The van der Waals surface area contributed by atoms with Crippen molar-refractivity contribution in [2.24, 2.45) is 5.73 Å². The van der Waals surface area contributed by atoms with Gasteiger partial charge in [-0.1, -0.05) is 25.9 Å². The third-order valence-corrected chi connectivity index (χ3v) is 2.40. The molecule has 0 fully saturated rings. The molecule has 1 heterocycles. The van der Waals surface area contributed by atoms with Crippen LogP contribution in [0.2, 0.25) is 0 Å². The fourth-order valence-electron chi connectivity index (χ4n) is 1.36. The summed E-state index contributed by atoms with van der Waals surface area (Å²) in [5.74, 6) is 1.30. The summed E-state index contributed by atoms with van der Waals surface area (Å²) in [6.45, 7) is 7.07. The summed E-state index contributed by atoms with van der Waals surface area (Å²) in [5, 5.41) is 6.65. The van der Waals surface area contributed by atoms with Gasteiger partial charge in [0.05, 0.1) is 0 Å². The number of nitrogens with one attached hydrogen (secondary N) is 1. The number of hydrogen-bond acceptors (Lipinski definition) is 5. The molecule has 19 heavy (non-hydrogen) atoms. The minimum atomic E-state index is -0.111. The van der Waals surface area contributed by atoms with Crippen LogP contribution in [0.5, 0.6) is 0 Å². The van der Waals surface area contributed by atoms with E-state index in [4.69, 9.17) is 10.3 Å². The van der Waals surface area contributed by atoms with Crippen LogP contribution in [0.4, 0.5) is 0 Å². The largest absolute Gasteiger partial charge is 0.355 e. The van der Waals surface area contributed by atoms with Crippen molar-refractivity contribution >= 4 is 18.3 Å². The Morgan fingerprint density at radius 3 is 2.63 bits per heavy atom. The number of aromatic nitrogens is 2. The van der Waals surface area contributed by atoms with E-state index in [1.807, 2.05) is 20.8 Å². The van der Waals surface area contributed by atoms with Crippen molar-refractivity contribution < 1.29 is 9.32 Å². The van der Waals surface area contributed by atoms with Crippen molar-refractivity contribution in [1.29, 1.82) is 0 Å². The topological polar surface area (TPSA) is 94.0 Å². The van der Waals surface area contributed by atoms with Crippen molar-refractivity contribution in [3.05, 3.63) is 11.7 Å². The fraction of sp³-hybridized carbons (Fsp3) is 0.750. The van der Waals surface area contributed by atoms with Crippen LogP contribution in [0.15, 0.2) is 4.52 Å². The molecule has 1 rings (SSSR count). The van der Waals surface area contributed by atoms with Gasteiger partial charge in [0.15, 0.2) is 5.82 Å². The summed E-state index contributed by atoms with van der Waals surface area (Å²) in [6.07, 6.45) is 1.77. The second-order valence-electron chi connectivity index (χ2n) is 5.25.